The van der Waals surface area contributed by atoms with Crippen molar-refractivity contribution in [3.63, 3.8) is 0 Å². The molecule has 4 N–H and O–H groups in total. The van der Waals surface area contributed by atoms with Crippen LogP contribution in [0.3, 0.4) is 0 Å². The molecule has 0 atom stereocenters. The molecule has 0 saturated heterocycles. The normalized spacial score (nSPS) is 10.1. The molecule has 0 aliphatic carbocycles. The average molecular weight is 187 g/mol. The number of oxime groups is 1. The summed E-state index contributed by atoms with van der Waals surface area (Å²) in [7, 11) is 0. The van der Waals surface area contributed by atoms with E-state index in [1.807, 2.05) is 0 Å². The van der Waals surface area contributed by atoms with E-state index in [0.29, 0.717) is 6.61 Å². The van der Waals surface area contributed by atoms with Crippen molar-refractivity contribution in [3.8, 4) is 0 Å². The zero-order chi connectivity index (χ0) is 10.1. The Balaban J connectivity index is 3.04. The molecular formula is C9H21N3O. The van der Waals surface area contributed by atoms with Gasteiger partial charge in [0.1, 0.15) is 6.61 Å². The van der Waals surface area contributed by atoms with E-state index in [4.69, 9.17) is 16.3 Å². The third-order valence-electron chi connectivity index (χ3n) is 1.69. The summed E-state index contributed by atoms with van der Waals surface area (Å²) in [6.07, 6.45) is 4.73. The van der Waals surface area contributed by atoms with E-state index in [-0.39, 0.29) is 5.96 Å². The van der Waals surface area contributed by atoms with Crippen LogP contribution in [-0.2, 0) is 4.84 Å². The van der Waals surface area contributed by atoms with Crippen LogP contribution in [0.2, 0.25) is 0 Å². The summed E-state index contributed by atoms with van der Waals surface area (Å²) in [5.41, 5.74) is 10.2. The lowest BCUT2D eigenvalue weighted by Crippen LogP contribution is -2.22. The van der Waals surface area contributed by atoms with Gasteiger partial charge in [-0.2, -0.15) is 0 Å². The van der Waals surface area contributed by atoms with Crippen LogP contribution in [0.25, 0.3) is 0 Å². The Morgan fingerprint density at radius 1 is 1.23 bits per heavy atom. The molecule has 0 aromatic rings. The highest BCUT2D eigenvalue weighted by Gasteiger charge is 1.94. The van der Waals surface area contributed by atoms with Gasteiger partial charge in [-0.15, -0.1) is 0 Å². The van der Waals surface area contributed by atoms with Gasteiger partial charge in [0.15, 0.2) is 0 Å². The highest BCUT2D eigenvalue weighted by atomic mass is 16.6. The van der Waals surface area contributed by atoms with Crippen molar-refractivity contribution in [2.24, 2.45) is 22.5 Å². The van der Waals surface area contributed by atoms with Gasteiger partial charge in [0.05, 0.1) is 0 Å². The predicted molar refractivity (Wildman–Crippen MR) is 55.1 cm³/mol. The second kappa shape index (κ2) is 7.71. The second-order valence-corrected chi connectivity index (χ2v) is 3.59. The molecule has 0 radical (unpaired) electrons. The number of nitrogens with zero attached hydrogens (tertiary/aromatic N) is 1. The molecule has 0 rings (SSSR count). The summed E-state index contributed by atoms with van der Waals surface area (Å²) in [6.45, 7) is 5.07. The zero-order valence-electron chi connectivity index (χ0n) is 8.62. The monoisotopic (exact) mass is 187 g/mol. The van der Waals surface area contributed by atoms with Gasteiger partial charge < -0.3 is 16.3 Å². The molecule has 0 unspecified atom stereocenters. The molecule has 0 aromatic carbocycles. The number of unbranched alkanes of at least 4 members (excludes halogenated alkanes) is 2. The summed E-state index contributed by atoms with van der Waals surface area (Å²) in [4.78, 5) is 4.84. The third kappa shape index (κ3) is 11.1. The smallest absolute Gasteiger partial charge is 0.228 e. The number of hydrogen-bond donors (Lipinski definition) is 2. The van der Waals surface area contributed by atoms with E-state index in [0.717, 1.165) is 12.3 Å². The topological polar surface area (TPSA) is 73.6 Å². The molecule has 0 saturated carbocycles. The Kier molecular flexibility index (Phi) is 7.15. The molecule has 78 valence electrons. The zero-order valence-corrected chi connectivity index (χ0v) is 8.62. The van der Waals surface area contributed by atoms with Crippen LogP contribution in [0.5, 0.6) is 0 Å². The molecule has 0 bridgehead atoms. The van der Waals surface area contributed by atoms with E-state index in [1.165, 1.54) is 19.3 Å². The molecule has 0 amide bonds. The maximum Gasteiger partial charge on any atom is 0.228 e. The van der Waals surface area contributed by atoms with E-state index in [2.05, 4.69) is 19.0 Å². The van der Waals surface area contributed by atoms with Crippen LogP contribution in [0, 0.1) is 5.92 Å². The van der Waals surface area contributed by atoms with E-state index in [1.54, 1.807) is 0 Å². The molecule has 4 heteroatoms. The van der Waals surface area contributed by atoms with Crippen LogP contribution in [-0.4, -0.2) is 12.6 Å². The minimum absolute atomic E-state index is 0.0119. The Labute approximate surface area is 80.3 Å². The van der Waals surface area contributed by atoms with Crippen molar-refractivity contribution < 1.29 is 4.84 Å². The maximum atomic E-state index is 5.08. The minimum atomic E-state index is -0.0119. The Hall–Kier alpha value is -0.930. The Morgan fingerprint density at radius 2 is 1.92 bits per heavy atom. The Morgan fingerprint density at radius 3 is 2.46 bits per heavy atom. The number of guanidine groups is 1. The summed E-state index contributed by atoms with van der Waals surface area (Å²) in [5, 5.41) is 3.43. The minimum Gasteiger partial charge on any atom is -0.393 e. The molecule has 13 heavy (non-hydrogen) atoms. The van der Waals surface area contributed by atoms with E-state index in [9.17, 15) is 0 Å². The maximum absolute atomic E-state index is 5.08. The summed E-state index contributed by atoms with van der Waals surface area (Å²) in [5.74, 6) is 0.779. The standard InChI is InChI=1S/C9H21N3O/c1-8(2)6-4-3-5-7-13-12-9(10)11/h8H,3-7H2,1-2H3,(H4,10,11,12). The molecular weight excluding hydrogens is 166 g/mol. The molecule has 0 fully saturated rings. The van der Waals surface area contributed by atoms with Gasteiger partial charge in [0, 0.05) is 0 Å². The molecule has 0 aliphatic heterocycles. The first kappa shape index (κ1) is 12.1. The molecule has 0 heterocycles. The average Bonchev–Trinajstić information content (AvgIpc) is 2.01. The van der Waals surface area contributed by atoms with Crippen LogP contribution in [0.15, 0.2) is 5.16 Å². The van der Waals surface area contributed by atoms with Crippen molar-refractivity contribution in [2.45, 2.75) is 39.5 Å². The van der Waals surface area contributed by atoms with Crippen molar-refractivity contribution >= 4 is 5.96 Å². The first-order valence-corrected chi connectivity index (χ1v) is 4.84. The van der Waals surface area contributed by atoms with Crippen LogP contribution in [0.1, 0.15) is 39.5 Å². The lowest BCUT2D eigenvalue weighted by molar-refractivity contribution is 0.138. The first-order valence-electron chi connectivity index (χ1n) is 4.84. The van der Waals surface area contributed by atoms with Crippen LogP contribution >= 0.6 is 0 Å². The van der Waals surface area contributed by atoms with Crippen molar-refractivity contribution in [1.82, 2.24) is 0 Å². The molecule has 0 aromatic heterocycles. The highest BCUT2D eigenvalue weighted by Crippen LogP contribution is 2.07. The largest absolute Gasteiger partial charge is 0.393 e. The number of hydrogen-bond acceptors (Lipinski definition) is 2. The van der Waals surface area contributed by atoms with E-state index >= 15 is 0 Å². The van der Waals surface area contributed by atoms with Crippen LogP contribution < -0.4 is 11.5 Å². The van der Waals surface area contributed by atoms with Gasteiger partial charge in [0.2, 0.25) is 5.96 Å². The third-order valence-corrected chi connectivity index (χ3v) is 1.69. The van der Waals surface area contributed by atoms with Gasteiger partial charge in [-0.1, -0.05) is 26.7 Å². The fourth-order valence-electron chi connectivity index (χ4n) is 1.02. The van der Waals surface area contributed by atoms with Crippen molar-refractivity contribution in [3.05, 3.63) is 0 Å². The second-order valence-electron chi connectivity index (χ2n) is 3.59. The van der Waals surface area contributed by atoms with Gasteiger partial charge in [-0.3, -0.25) is 0 Å². The van der Waals surface area contributed by atoms with Gasteiger partial charge in [-0.05, 0) is 23.9 Å². The lowest BCUT2D eigenvalue weighted by atomic mass is 10.1. The van der Waals surface area contributed by atoms with Crippen molar-refractivity contribution in [2.75, 3.05) is 6.61 Å². The van der Waals surface area contributed by atoms with Crippen LogP contribution in [0.4, 0.5) is 0 Å². The molecule has 0 spiro atoms. The van der Waals surface area contributed by atoms with Gasteiger partial charge in [-0.25, -0.2) is 0 Å². The molecule has 4 nitrogen and oxygen atoms in total. The summed E-state index contributed by atoms with van der Waals surface area (Å²) < 4.78 is 0. The summed E-state index contributed by atoms with van der Waals surface area (Å²) in [6, 6.07) is 0. The fourth-order valence-corrected chi connectivity index (χ4v) is 1.02. The quantitative estimate of drug-likeness (QED) is 0.274. The van der Waals surface area contributed by atoms with Gasteiger partial charge >= 0.3 is 0 Å². The SMILES string of the molecule is CC(C)CCCCCON=C(N)N. The first-order chi connectivity index (χ1) is 6.13. The molecule has 0 aliphatic rings. The predicted octanol–water partition coefficient (Wildman–Crippen LogP) is 1.41. The highest BCUT2D eigenvalue weighted by molar-refractivity contribution is 5.74. The summed E-state index contributed by atoms with van der Waals surface area (Å²) >= 11 is 0. The lowest BCUT2D eigenvalue weighted by Gasteiger charge is -2.03. The fraction of sp³-hybridized carbons (Fsp3) is 0.889. The number of rotatable bonds is 7. The van der Waals surface area contributed by atoms with E-state index < -0.39 is 0 Å². The number of nitrogens with two attached hydrogens (primary N) is 2. The van der Waals surface area contributed by atoms with Crippen molar-refractivity contribution in [1.29, 1.82) is 0 Å². The van der Waals surface area contributed by atoms with Gasteiger partial charge in [0.25, 0.3) is 0 Å². The Bertz CT molecular complexity index is 142.